The van der Waals surface area contributed by atoms with E-state index in [1.54, 1.807) is 6.07 Å². The molecule has 4 rings (SSSR count). The van der Waals surface area contributed by atoms with Crippen LogP contribution in [0.1, 0.15) is 11.1 Å². The van der Waals surface area contributed by atoms with Crippen molar-refractivity contribution in [1.29, 1.82) is 0 Å². The molecule has 3 nitrogen and oxygen atoms in total. The Labute approximate surface area is 189 Å². The first-order chi connectivity index (χ1) is 15.2. The highest BCUT2D eigenvalue weighted by atomic mass is 79.9. The van der Waals surface area contributed by atoms with Crippen LogP contribution in [0.15, 0.2) is 102 Å². The molecule has 31 heavy (non-hydrogen) atoms. The molecule has 0 aromatic heterocycles. The summed E-state index contributed by atoms with van der Waals surface area (Å²) in [5.41, 5.74) is 2.90. The third kappa shape index (κ3) is 6.09. The van der Waals surface area contributed by atoms with E-state index in [0.29, 0.717) is 13.2 Å². The van der Waals surface area contributed by atoms with Gasteiger partial charge < -0.3 is 14.8 Å². The number of anilines is 1. The normalized spacial score (nSPS) is 10.5. The van der Waals surface area contributed by atoms with E-state index < -0.39 is 0 Å². The van der Waals surface area contributed by atoms with E-state index in [1.165, 1.54) is 12.1 Å². The Morgan fingerprint density at radius 2 is 1.52 bits per heavy atom. The maximum absolute atomic E-state index is 13.3. The molecule has 4 aromatic rings. The molecule has 0 saturated heterocycles. The number of rotatable bonds is 8. The van der Waals surface area contributed by atoms with Crippen LogP contribution in [-0.4, -0.2) is 0 Å². The van der Waals surface area contributed by atoms with E-state index in [0.717, 1.165) is 38.5 Å². The van der Waals surface area contributed by atoms with Gasteiger partial charge in [0.25, 0.3) is 0 Å². The van der Waals surface area contributed by atoms with Crippen LogP contribution < -0.4 is 14.8 Å². The lowest BCUT2D eigenvalue weighted by molar-refractivity contribution is 0.303. The fourth-order valence-corrected chi connectivity index (χ4v) is 3.57. The number of halogens is 2. The molecule has 0 saturated carbocycles. The van der Waals surface area contributed by atoms with Crippen LogP contribution in [0.4, 0.5) is 10.1 Å². The van der Waals surface area contributed by atoms with E-state index in [2.05, 4.69) is 21.2 Å². The molecule has 4 aromatic carbocycles. The zero-order valence-electron chi connectivity index (χ0n) is 16.7. The van der Waals surface area contributed by atoms with Crippen LogP contribution in [0, 0.1) is 5.82 Å². The highest BCUT2D eigenvalue weighted by Gasteiger charge is 2.05. The van der Waals surface area contributed by atoms with Gasteiger partial charge in [-0.15, -0.1) is 0 Å². The monoisotopic (exact) mass is 477 g/mol. The van der Waals surface area contributed by atoms with Crippen molar-refractivity contribution in [3.05, 3.63) is 118 Å². The lowest BCUT2D eigenvalue weighted by Crippen LogP contribution is -2.01. The molecule has 0 spiro atoms. The SMILES string of the molecule is Fc1cccc(COc2ccc(CNc3ccc(Oc4ccccc4)cc3)cc2Br)c1. The van der Waals surface area contributed by atoms with Crippen molar-refractivity contribution in [3.8, 4) is 17.2 Å². The second-order valence-electron chi connectivity index (χ2n) is 6.98. The van der Waals surface area contributed by atoms with Gasteiger partial charge in [-0.25, -0.2) is 4.39 Å². The van der Waals surface area contributed by atoms with Crippen molar-refractivity contribution in [3.63, 3.8) is 0 Å². The first-order valence-corrected chi connectivity index (χ1v) is 10.7. The van der Waals surface area contributed by atoms with E-state index in [1.807, 2.05) is 78.9 Å². The summed E-state index contributed by atoms with van der Waals surface area (Å²) >= 11 is 3.56. The highest BCUT2D eigenvalue weighted by molar-refractivity contribution is 9.10. The minimum Gasteiger partial charge on any atom is -0.488 e. The molecule has 0 atom stereocenters. The number of nitrogens with one attached hydrogen (secondary N) is 1. The van der Waals surface area contributed by atoms with Crippen molar-refractivity contribution in [2.24, 2.45) is 0 Å². The fourth-order valence-electron chi connectivity index (χ4n) is 3.03. The summed E-state index contributed by atoms with van der Waals surface area (Å²) in [6.45, 7) is 0.979. The van der Waals surface area contributed by atoms with Crippen LogP contribution in [0.5, 0.6) is 17.2 Å². The molecule has 156 valence electrons. The minimum absolute atomic E-state index is 0.263. The van der Waals surface area contributed by atoms with E-state index in [4.69, 9.17) is 9.47 Å². The second kappa shape index (κ2) is 10.1. The van der Waals surface area contributed by atoms with Crippen molar-refractivity contribution in [2.45, 2.75) is 13.2 Å². The van der Waals surface area contributed by atoms with Crippen LogP contribution in [-0.2, 0) is 13.2 Å². The molecule has 1 N–H and O–H groups in total. The Kier molecular flexibility index (Phi) is 6.85. The number of ether oxygens (including phenoxy) is 2. The average Bonchev–Trinajstić information content (AvgIpc) is 2.79. The largest absolute Gasteiger partial charge is 0.488 e. The molecule has 5 heteroatoms. The molecule has 0 fully saturated rings. The van der Waals surface area contributed by atoms with Crippen molar-refractivity contribution >= 4 is 21.6 Å². The molecule has 0 amide bonds. The molecular formula is C26H21BrFNO2. The number of para-hydroxylation sites is 1. The first kappa shape index (κ1) is 20.9. The number of hydrogen-bond acceptors (Lipinski definition) is 3. The second-order valence-corrected chi connectivity index (χ2v) is 7.83. The minimum atomic E-state index is -0.263. The third-order valence-corrected chi connectivity index (χ3v) is 5.23. The zero-order valence-corrected chi connectivity index (χ0v) is 18.3. The quantitative estimate of drug-likeness (QED) is 0.283. The Bertz CT molecular complexity index is 1130. The summed E-state index contributed by atoms with van der Waals surface area (Å²) in [5, 5.41) is 3.40. The molecule has 0 radical (unpaired) electrons. The summed E-state index contributed by atoms with van der Waals surface area (Å²) in [7, 11) is 0. The van der Waals surface area contributed by atoms with Crippen molar-refractivity contribution in [1.82, 2.24) is 0 Å². The summed E-state index contributed by atoms with van der Waals surface area (Å²) in [6.07, 6.45) is 0. The maximum atomic E-state index is 13.3. The molecule has 0 heterocycles. The third-order valence-electron chi connectivity index (χ3n) is 4.61. The van der Waals surface area contributed by atoms with E-state index in [9.17, 15) is 4.39 Å². The van der Waals surface area contributed by atoms with Gasteiger partial charge in [0.05, 0.1) is 4.47 Å². The Morgan fingerprint density at radius 1 is 0.742 bits per heavy atom. The van der Waals surface area contributed by atoms with Crippen molar-refractivity contribution in [2.75, 3.05) is 5.32 Å². The summed E-state index contributed by atoms with van der Waals surface area (Å²) in [5.74, 6) is 2.06. The smallest absolute Gasteiger partial charge is 0.134 e. The summed E-state index contributed by atoms with van der Waals surface area (Å²) in [4.78, 5) is 0. The Morgan fingerprint density at radius 3 is 2.26 bits per heavy atom. The predicted octanol–water partition coefficient (Wildman–Crippen LogP) is 7.57. The summed E-state index contributed by atoms with van der Waals surface area (Å²) in [6, 6.07) is 29.9. The molecule has 0 unspecified atom stereocenters. The predicted molar refractivity (Wildman–Crippen MR) is 125 cm³/mol. The number of hydrogen-bond donors (Lipinski definition) is 1. The zero-order chi connectivity index (χ0) is 21.5. The molecule has 0 bridgehead atoms. The Balaban J connectivity index is 1.31. The van der Waals surface area contributed by atoms with Gasteiger partial charge in [-0.1, -0.05) is 36.4 Å². The van der Waals surface area contributed by atoms with Gasteiger partial charge >= 0.3 is 0 Å². The van der Waals surface area contributed by atoms with Crippen LogP contribution in [0.2, 0.25) is 0 Å². The molecule has 0 aliphatic heterocycles. The molecule has 0 aliphatic carbocycles. The van der Waals surface area contributed by atoms with Crippen LogP contribution in [0.3, 0.4) is 0 Å². The molecular weight excluding hydrogens is 457 g/mol. The van der Waals surface area contributed by atoms with Gasteiger partial charge in [0.2, 0.25) is 0 Å². The Hall–Kier alpha value is -3.31. The molecule has 0 aliphatic rings. The van der Waals surface area contributed by atoms with Gasteiger partial charge in [0, 0.05) is 12.2 Å². The topological polar surface area (TPSA) is 30.5 Å². The first-order valence-electron chi connectivity index (χ1n) is 9.88. The average molecular weight is 478 g/mol. The van der Waals surface area contributed by atoms with Gasteiger partial charge in [-0.05, 0) is 87.7 Å². The summed E-state index contributed by atoms with van der Waals surface area (Å²) < 4.78 is 25.8. The van der Waals surface area contributed by atoms with Gasteiger partial charge in [-0.3, -0.25) is 0 Å². The van der Waals surface area contributed by atoms with Gasteiger partial charge in [0.1, 0.15) is 29.7 Å². The van der Waals surface area contributed by atoms with Gasteiger partial charge in [0.15, 0.2) is 0 Å². The van der Waals surface area contributed by atoms with Crippen LogP contribution in [0.25, 0.3) is 0 Å². The standard InChI is InChI=1S/C26H21BrFNO2/c27-25-16-19(9-14-26(25)30-18-20-5-4-6-21(28)15-20)17-29-22-10-12-24(13-11-22)31-23-7-2-1-3-8-23/h1-16,29H,17-18H2. The lowest BCUT2D eigenvalue weighted by atomic mass is 10.2. The fraction of sp³-hybridized carbons (Fsp3) is 0.0769. The maximum Gasteiger partial charge on any atom is 0.134 e. The van der Waals surface area contributed by atoms with Gasteiger partial charge in [-0.2, -0.15) is 0 Å². The van der Waals surface area contributed by atoms with E-state index >= 15 is 0 Å². The number of benzene rings is 4. The van der Waals surface area contributed by atoms with Crippen molar-refractivity contribution < 1.29 is 13.9 Å². The highest BCUT2D eigenvalue weighted by Crippen LogP contribution is 2.28. The van der Waals surface area contributed by atoms with Crippen LogP contribution >= 0.6 is 15.9 Å². The lowest BCUT2D eigenvalue weighted by Gasteiger charge is -2.12. The van der Waals surface area contributed by atoms with E-state index in [-0.39, 0.29) is 5.82 Å².